The lowest BCUT2D eigenvalue weighted by atomic mass is 9.59. The van der Waals surface area contributed by atoms with E-state index in [-0.39, 0.29) is 12.5 Å². The fourth-order valence-electron chi connectivity index (χ4n) is 3.79. The van der Waals surface area contributed by atoms with Crippen molar-refractivity contribution in [1.29, 1.82) is 0 Å². The minimum Gasteiger partial charge on any atom is -0.396 e. The maximum absolute atomic E-state index is 11.9. The minimum atomic E-state index is 0.204. The lowest BCUT2D eigenvalue weighted by molar-refractivity contribution is -0.128. The van der Waals surface area contributed by atoms with E-state index >= 15 is 0 Å². The first kappa shape index (κ1) is 12.8. The average molecular weight is 236 g/mol. The second-order valence-electron chi connectivity index (χ2n) is 6.10. The van der Waals surface area contributed by atoms with E-state index in [1.807, 2.05) is 0 Å². The molecule has 2 aliphatic rings. The van der Waals surface area contributed by atoms with Crippen LogP contribution in [0.2, 0.25) is 0 Å². The highest BCUT2D eigenvalue weighted by molar-refractivity contribution is 5.82. The van der Waals surface area contributed by atoms with Gasteiger partial charge in [-0.25, -0.2) is 0 Å². The molecule has 5 unspecified atom stereocenters. The number of carbonyl (C=O) groups excluding carboxylic acids is 1. The number of aliphatic hydroxyl groups excluding tert-OH is 1. The van der Waals surface area contributed by atoms with Gasteiger partial charge in [-0.2, -0.15) is 0 Å². The monoisotopic (exact) mass is 236 g/mol. The molecule has 5 atom stereocenters. The smallest absolute Gasteiger partial charge is 0.136 e. The lowest BCUT2D eigenvalue weighted by Gasteiger charge is -2.45. The number of hydrogen-bond acceptors (Lipinski definition) is 2. The molecule has 0 amide bonds. The molecule has 2 saturated carbocycles. The third kappa shape index (κ3) is 2.33. The molecule has 0 aromatic rings. The summed E-state index contributed by atoms with van der Waals surface area (Å²) in [4.78, 5) is 11.9. The van der Waals surface area contributed by atoms with E-state index in [0.717, 1.165) is 19.3 Å². The average Bonchev–Trinajstić information content (AvgIpc) is 2.31. The molecular formula is C15H24O2. The quantitative estimate of drug-likeness (QED) is 0.749. The predicted octanol–water partition coefficient (Wildman–Crippen LogP) is 2.81. The molecule has 2 fully saturated rings. The molecule has 0 radical (unpaired) electrons. The van der Waals surface area contributed by atoms with Gasteiger partial charge in [-0.05, 0) is 42.9 Å². The third-order valence-electron chi connectivity index (χ3n) is 5.01. The van der Waals surface area contributed by atoms with Crippen molar-refractivity contribution in [2.45, 2.75) is 39.5 Å². The Kier molecular flexibility index (Phi) is 3.72. The Bertz CT molecular complexity index is 321. The van der Waals surface area contributed by atoms with Crippen LogP contribution < -0.4 is 0 Å². The van der Waals surface area contributed by atoms with E-state index in [1.54, 1.807) is 0 Å². The van der Waals surface area contributed by atoms with Crippen molar-refractivity contribution in [1.82, 2.24) is 0 Å². The SMILES string of the molecule is C=C1CCC(C(C)CO)C2CC(C)C(=O)CC12. The number of aliphatic hydroxyl groups is 1. The number of allylic oxidation sites excluding steroid dienone is 1. The van der Waals surface area contributed by atoms with Crippen LogP contribution in [0.3, 0.4) is 0 Å². The second-order valence-corrected chi connectivity index (χ2v) is 6.10. The van der Waals surface area contributed by atoms with E-state index in [9.17, 15) is 9.90 Å². The molecule has 0 aliphatic heterocycles. The largest absolute Gasteiger partial charge is 0.396 e. The molecule has 0 spiro atoms. The molecule has 0 heterocycles. The predicted molar refractivity (Wildman–Crippen MR) is 68.5 cm³/mol. The molecule has 0 saturated heterocycles. The standard InChI is InChI=1S/C15H24O2/c1-9-4-5-12(11(3)8-16)14-6-10(2)15(17)7-13(9)14/h10-14,16H,1,4-8H2,2-3H3. The van der Waals surface area contributed by atoms with Crippen LogP contribution in [0.25, 0.3) is 0 Å². The van der Waals surface area contributed by atoms with Crippen LogP contribution >= 0.6 is 0 Å². The molecule has 17 heavy (non-hydrogen) atoms. The summed E-state index contributed by atoms with van der Waals surface area (Å²) in [7, 11) is 0. The van der Waals surface area contributed by atoms with E-state index < -0.39 is 0 Å². The number of ketones is 1. The summed E-state index contributed by atoms with van der Waals surface area (Å²) in [5.74, 6) is 2.51. The number of hydrogen-bond donors (Lipinski definition) is 1. The summed E-state index contributed by atoms with van der Waals surface area (Å²) >= 11 is 0. The van der Waals surface area contributed by atoms with Gasteiger partial charge in [0.25, 0.3) is 0 Å². The Morgan fingerprint density at radius 2 is 2.24 bits per heavy atom. The number of Topliss-reactive ketones (excluding diaryl/α,β-unsaturated/α-hetero) is 1. The van der Waals surface area contributed by atoms with E-state index in [2.05, 4.69) is 20.4 Å². The number of fused-ring (bicyclic) bond motifs is 1. The highest BCUT2D eigenvalue weighted by atomic mass is 16.3. The molecule has 2 nitrogen and oxygen atoms in total. The van der Waals surface area contributed by atoms with Gasteiger partial charge in [-0.3, -0.25) is 4.79 Å². The van der Waals surface area contributed by atoms with Gasteiger partial charge in [0.15, 0.2) is 0 Å². The molecule has 0 aromatic heterocycles. The van der Waals surface area contributed by atoms with Gasteiger partial charge in [0.1, 0.15) is 5.78 Å². The normalized spacial score (nSPS) is 39.9. The van der Waals surface area contributed by atoms with Gasteiger partial charge in [-0.15, -0.1) is 0 Å². The zero-order chi connectivity index (χ0) is 12.6. The maximum atomic E-state index is 11.9. The fourth-order valence-corrected chi connectivity index (χ4v) is 3.79. The third-order valence-corrected chi connectivity index (χ3v) is 5.01. The van der Waals surface area contributed by atoms with E-state index in [0.29, 0.717) is 35.9 Å². The second kappa shape index (κ2) is 4.93. The molecule has 2 heteroatoms. The fraction of sp³-hybridized carbons (Fsp3) is 0.800. The van der Waals surface area contributed by atoms with Gasteiger partial charge in [0.2, 0.25) is 0 Å². The van der Waals surface area contributed by atoms with Gasteiger partial charge in [0.05, 0.1) is 0 Å². The minimum absolute atomic E-state index is 0.204. The first-order valence-electron chi connectivity index (χ1n) is 6.85. The molecular weight excluding hydrogens is 212 g/mol. The highest BCUT2D eigenvalue weighted by Gasteiger charge is 2.43. The first-order valence-corrected chi connectivity index (χ1v) is 6.85. The highest BCUT2D eigenvalue weighted by Crippen LogP contribution is 2.48. The van der Waals surface area contributed by atoms with Crippen LogP contribution in [0.5, 0.6) is 0 Å². The Balaban J connectivity index is 2.18. The summed E-state index contributed by atoms with van der Waals surface area (Å²) in [6.45, 7) is 8.62. The zero-order valence-electron chi connectivity index (χ0n) is 11.0. The van der Waals surface area contributed by atoms with Crippen molar-refractivity contribution in [2.24, 2.45) is 29.6 Å². The summed E-state index contributed by atoms with van der Waals surface area (Å²) in [5, 5.41) is 9.37. The molecule has 2 rings (SSSR count). The van der Waals surface area contributed by atoms with E-state index in [1.165, 1.54) is 5.57 Å². The van der Waals surface area contributed by atoms with Crippen LogP contribution in [-0.4, -0.2) is 17.5 Å². The maximum Gasteiger partial charge on any atom is 0.136 e. The number of rotatable bonds is 2. The zero-order valence-corrected chi connectivity index (χ0v) is 11.0. The van der Waals surface area contributed by atoms with Crippen LogP contribution in [0.15, 0.2) is 12.2 Å². The number of carbonyl (C=O) groups is 1. The molecule has 0 aromatic carbocycles. The molecule has 2 aliphatic carbocycles. The molecule has 0 bridgehead atoms. The first-order chi connectivity index (χ1) is 8.04. The van der Waals surface area contributed by atoms with Crippen LogP contribution in [-0.2, 0) is 4.79 Å². The van der Waals surface area contributed by atoms with Crippen LogP contribution in [0.1, 0.15) is 39.5 Å². The van der Waals surface area contributed by atoms with Crippen molar-refractivity contribution >= 4 is 5.78 Å². The summed E-state index contributed by atoms with van der Waals surface area (Å²) in [6, 6.07) is 0. The van der Waals surface area contributed by atoms with Crippen LogP contribution in [0, 0.1) is 29.6 Å². The van der Waals surface area contributed by atoms with Gasteiger partial charge >= 0.3 is 0 Å². The Labute approximate surface area is 104 Å². The molecule has 96 valence electrons. The van der Waals surface area contributed by atoms with Crippen molar-refractivity contribution in [3.05, 3.63) is 12.2 Å². The van der Waals surface area contributed by atoms with Crippen molar-refractivity contribution in [3.63, 3.8) is 0 Å². The Morgan fingerprint density at radius 1 is 1.53 bits per heavy atom. The summed E-state index contributed by atoms with van der Waals surface area (Å²) < 4.78 is 0. The Morgan fingerprint density at radius 3 is 2.88 bits per heavy atom. The summed E-state index contributed by atoms with van der Waals surface area (Å²) in [6.07, 6.45) is 3.87. The van der Waals surface area contributed by atoms with E-state index in [4.69, 9.17) is 0 Å². The van der Waals surface area contributed by atoms with Crippen LogP contribution in [0.4, 0.5) is 0 Å². The topological polar surface area (TPSA) is 37.3 Å². The van der Waals surface area contributed by atoms with Crippen molar-refractivity contribution in [3.8, 4) is 0 Å². The van der Waals surface area contributed by atoms with Gasteiger partial charge in [0, 0.05) is 18.9 Å². The Hall–Kier alpha value is -0.630. The molecule has 1 N–H and O–H groups in total. The van der Waals surface area contributed by atoms with Crippen molar-refractivity contribution in [2.75, 3.05) is 6.61 Å². The van der Waals surface area contributed by atoms with Crippen molar-refractivity contribution < 1.29 is 9.90 Å². The van der Waals surface area contributed by atoms with Gasteiger partial charge < -0.3 is 5.11 Å². The lowest BCUT2D eigenvalue weighted by Crippen LogP contribution is -2.41. The van der Waals surface area contributed by atoms with Gasteiger partial charge in [-0.1, -0.05) is 26.0 Å². The summed E-state index contributed by atoms with van der Waals surface area (Å²) in [5.41, 5.74) is 1.27.